The van der Waals surface area contributed by atoms with Crippen molar-refractivity contribution in [1.82, 2.24) is 9.78 Å². The first-order valence-electron chi connectivity index (χ1n) is 9.55. The molecule has 0 amide bonds. The van der Waals surface area contributed by atoms with E-state index in [1.807, 2.05) is 6.07 Å². The van der Waals surface area contributed by atoms with E-state index < -0.39 is 23.9 Å². The van der Waals surface area contributed by atoms with Crippen LogP contribution in [0.25, 0.3) is 16.6 Å². The highest BCUT2D eigenvalue weighted by Gasteiger charge is 2.30. The van der Waals surface area contributed by atoms with Crippen LogP contribution in [0, 0.1) is 5.82 Å². The molecular formula is C23H19F4N3O. The van der Waals surface area contributed by atoms with Crippen molar-refractivity contribution in [2.24, 2.45) is 5.73 Å². The molecule has 4 aromatic rings. The second-order valence-electron chi connectivity index (χ2n) is 7.27. The second kappa shape index (κ2) is 8.03. The lowest BCUT2D eigenvalue weighted by atomic mass is 10.0. The molecular weight excluding hydrogens is 410 g/mol. The molecule has 0 aliphatic rings. The maximum atomic E-state index is 13.2. The van der Waals surface area contributed by atoms with E-state index >= 15 is 0 Å². The van der Waals surface area contributed by atoms with E-state index in [0.29, 0.717) is 17.0 Å². The molecule has 160 valence electrons. The molecule has 0 fully saturated rings. The van der Waals surface area contributed by atoms with Crippen LogP contribution in [0.1, 0.15) is 24.2 Å². The number of ether oxygens (including phenoxy) is 1. The Kier molecular flexibility index (Phi) is 5.41. The van der Waals surface area contributed by atoms with Gasteiger partial charge in [-0.15, -0.1) is 0 Å². The largest absolute Gasteiger partial charge is 0.484 e. The van der Waals surface area contributed by atoms with E-state index in [9.17, 15) is 17.6 Å². The Morgan fingerprint density at radius 2 is 1.65 bits per heavy atom. The average Bonchev–Trinajstić information content (AvgIpc) is 3.15. The second-order valence-corrected chi connectivity index (χ2v) is 7.27. The Morgan fingerprint density at radius 3 is 2.26 bits per heavy atom. The van der Waals surface area contributed by atoms with Gasteiger partial charge in [-0.1, -0.05) is 12.1 Å². The molecule has 0 saturated heterocycles. The Labute approximate surface area is 175 Å². The van der Waals surface area contributed by atoms with Gasteiger partial charge in [0, 0.05) is 11.4 Å². The van der Waals surface area contributed by atoms with Crippen LogP contribution in [0.15, 0.2) is 72.9 Å². The lowest BCUT2D eigenvalue weighted by Crippen LogP contribution is -2.29. The van der Waals surface area contributed by atoms with E-state index in [1.54, 1.807) is 42.1 Å². The number of hydrogen-bond donors (Lipinski definition) is 1. The van der Waals surface area contributed by atoms with Gasteiger partial charge in [-0.25, -0.2) is 9.07 Å². The fourth-order valence-electron chi connectivity index (χ4n) is 3.36. The minimum Gasteiger partial charge on any atom is -0.484 e. The van der Waals surface area contributed by atoms with Crippen molar-refractivity contribution >= 4 is 10.9 Å². The third kappa shape index (κ3) is 4.39. The summed E-state index contributed by atoms with van der Waals surface area (Å²) < 4.78 is 59.4. The molecule has 3 aromatic carbocycles. The fourth-order valence-corrected chi connectivity index (χ4v) is 3.36. The molecule has 31 heavy (non-hydrogen) atoms. The first-order chi connectivity index (χ1) is 14.7. The molecule has 0 radical (unpaired) electrons. The summed E-state index contributed by atoms with van der Waals surface area (Å²) in [4.78, 5) is 0. The van der Waals surface area contributed by atoms with Crippen LogP contribution in [-0.2, 0) is 6.18 Å². The first kappa shape index (κ1) is 20.9. The third-order valence-electron chi connectivity index (χ3n) is 4.92. The summed E-state index contributed by atoms with van der Waals surface area (Å²) >= 11 is 0. The highest BCUT2D eigenvalue weighted by atomic mass is 19.4. The SMILES string of the molecule is CC(N)C(Oc1ccc2c(cnn2-c2ccc(F)cc2)c1)c1ccc(C(F)(F)F)cc1. The van der Waals surface area contributed by atoms with Crippen LogP contribution in [-0.4, -0.2) is 15.8 Å². The molecule has 8 heteroatoms. The topological polar surface area (TPSA) is 53.1 Å². The van der Waals surface area contributed by atoms with Gasteiger partial charge >= 0.3 is 6.18 Å². The normalized spacial score (nSPS) is 13.9. The van der Waals surface area contributed by atoms with E-state index in [4.69, 9.17) is 10.5 Å². The van der Waals surface area contributed by atoms with Gasteiger partial charge in [-0.05, 0) is 67.1 Å². The van der Waals surface area contributed by atoms with E-state index in [1.165, 1.54) is 24.3 Å². The number of nitrogens with zero attached hydrogens (tertiary/aromatic N) is 2. The molecule has 0 spiro atoms. The van der Waals surface area contributed by atoms with Crippen LogP contribution < -0.4 is 10.5 Å². The smallest absolute Gasteiger partial charge is 0.416 e. The Balaban J connectivity index is 1.61. The monoisotopic (exact) mass is 429 g/mol. The molecule has 0 saturated carbocycles. The maximum absolute atomic E-state index is 13.2. The van der Waals surface area contributed by atoms with E-state index in [2.05, 4.69) is 5.10 Å². The summed E-state index contributed by atoms with van der Waals surface area (Å²) in [5, 5.41) is 5.14. The van der Waals surface area contributed by atoms with Gasteiger partial charge < -0.3 is 10.5 Å². The summed E-state index contributed by atoms with van der Waals surface area (Å²) in [5.41, 5.74) is 7.38. The number of alkyl halides is 3. The van der Waals surface area contributed by atoms with Crippen molar-refractivity contribution in [1.29, 1.82) is 0 Å². The molecule has 2 atom stereocenters. The molecule has 0 aliphatic carbocycles. The van der Waals surface area contributed by atoms with Crippen molar-refractivity contribution < 1.29 is 22.3 Å². The predicted molar refractivity (Wildman–Crippen MR) is 109 cm³/mol. The van der Waals surface area contributed by atoms with Crippen molar-refractivity contribution in [3.05, 3.63) is 89.9 Å². The number of rotatable bonds is 5. The fraction of sp³-hybridized carbons (Fsp3) is 0.174. The van der Waals surface area contributed by atoms with E-state index in [0.717, 1.165) is 23.0 Å². The van der Waals surface area contributed by atoms with Crippen LogP contribution >= 0.6 is 0 Å². The predicted octanol–water partition coefficient (Wildman–Crippen LogP) is 5.65. The van der Waals surface area contributed by atoms with Gasteiger partial charge in [0.25, 0.3) is 0 Å². The average molecular weight is 429 g/mol. The van der Waals surface area contributed by atoms with Crippen LogP contribution in [0.3, 0.4) is 0 Å². The van der Waals surface area contributed by atoms with E-state index in [-0.39, 0.29) is 5.82 Å². The summed E-state index contributed by atoms with van der Waals surface area (Å²) in [6, 6.07) is 15.6. The number of hydrogen-bond acceptors (Lipinski definition) is 3. The minimum absolute atomic E-state index is 0.332. The molecule has 0 aliphatic heterocycles. The van der Waals surface area contributed by atoms with Gasteiger partial charge in [0.05, 0.1) is 23.0 Å². The first-order valence-corrected chi connectivity index (χ1v) is 9.55. The van der Waals surface area contributed by atoms with Crippen molar-refractivity contribution in [3.63, 3.8) is 0 Å². The third-order valence-corrected chi connectivity index (χ3v) is 4.92. The zero-order chi connectivity index (χ0) is 22.2. The number of benzene rings is 3. The number of nitrogens with two attached hydrogens (primary N) is 1. The molecule has 4 rings (SSSR count). The quantitative estimate of drug-likeness (QED) is 0.417. The van der Waals surface area contributed by atoms with Gasteiger partial charge in [0.1, 0.15) is 17.7 Å². The Hall–Kier alpha value is -3.39. The number of halogens is 4. The molecule has 4 nitrogen and oxygen atoms in total. The van der Waals surface area contributed by atoms with Gasteiger partial charge in [0.2, 0.25) is 0 Å². The van der Waals surface area contributed by atoms with Gasteiger partial charge in [-0.3, -0.25) is 0 Å². The Morgan fingerprint density at radius 1 is 0.968 bits per heavy atom. The van der Waals surface area contributed by atoms with Crippen molar-refractivity contribution in [2.75, 3.05) is 0 Å². The maximum Gasteiger partial charge on any atom is 0.416 e. The summed E-state index contributed by atoms with van der Waals surface area (Å²) in [7, 11) is 0. The lowest BCUT2D eigenvalue weighted by Gasteiger charge is -2.23. The minimum atomic E-state index is -4.40. The van der Waals surface area contributed by atoms with Crippen LogP contribution in [0.4, 0.5) is 17.6 Å². The highest BCUT2D eigenvalue weighted by Crippen LogP contribution is 2.32. The zero-order valence-corrected chi connectivity index (χ0v) is 16.5. The highest BCUT2D eigenvalue weighted by molar-refractivity contribution is 5.81. The van der Waals surface area contributed by atoms with Crippen molar-refractivity contribution in [2.45, 2.75) is 25.2 Å². The summed E-state index contributed by atoms with van der Waals surface area (Å²) in [6.45, 7) is 1.73. The van der Waals surface area contributed by atoms with Crippen molar-refractivity contribution in [3.8, 4) is 11.4 Å². The summed E-state index contributed by atoms with van der Waals surface area (Å²) in [5.74, 6) is 0.175. The number of fused-ring (bicyclic) bond motifs is 1. The zero-order valence-electron chi connectivity index (χ0n) is 16.5. The lowest BCUT2D eigenvalue weighted by molar-refractivity contribution is -0.137. The molecule has 1 aromatic heterocycles. The number of aromatic nitrogens is 2. The molecule has 2 N–H and O–H groups in total. The van der Waals surface area contributed by atoms with Gasteiger partial charge in [-0.2, -0.15) is 18.3 Å². The molecule has 2 unspecified atom stereocenters. The van der Waals surface area contributed by atoms with Crippen LogP contribution in [0.5, 0.6) is 5.75 Å². The standard InChI is InChI=1S/C23H19F4N3O/c1-14(28)22(15-2-4-17(5-3-15)23(25,26)27)31-20-10-11-21-16(12-20)13-29-30(21)19-8-6-18(24)7-9-19/h2-14,22H,28H2,1H3. The van der Waals surface area contributed by atoms with Crippen LogP contribution in [0.2, 0.25) is 0 Å². The molecule has 0 bridgehead atoms. The van der Waals surface area contributed by atoms with Gasteiger partial charge in [0.15, 0.2) is 0 Å². The Bertz CT molecular complexity index is 1180. The molecule has 1 heterocycles. The summed E-state index contributed by atoms with van der Waals surface area (Å²) in [6.07, 6.45) is -3.38.